The lowest BCUT2D eigenvalue weighted by molar-refractivity contribution is 0.898. The van der Waals surface area contributed by atoms with Crippen molar-refractivity contribution in [1.82, 2.24) is 19.9 Å². The number of rotatable bonds is 4. The van der Waals surface area contributed by atoms with E-state index in [2.05, 4.69) is 27.2 Å². The van der Waals surface area contributed by atoms with Crippen molar-refractivity contribution in [2.45, 2.75) is 39.5 Å². The number of nitrogens with zero attached hydrogens (tertiary/aromatic N) is 4. The molecule has 0 radical (unpaired) electrons. The molecule has 0 amide bonds. The molecule has 3 rings (SSSR count). The number of nitrogens with one attached hydrogen (secondary N) is 1. The molecule has 0 aromatic carbocycles. The summed E-state index contributed by atoms with van der Waals surface area (Å²) in [6, 6.07) is 1.87. The van der Waals surface area contributed by atoms with Gasteiger partial charge in [-0.2, -0.15) is 0 Å². The minimum atomic E-state index is 0.703. The van der Waals surface area contributed by atoms with Crippen LogP contribution in [0, 0.1) is 6.92 Å². The maximum Gasteiger partial charge on any atom is 0.180 e. The molecule has 0 unspecified atom stereocenters. The van der Waals surface area contributed by atoms with Gasteiger partial charge in [0.05, 0.1) is 0 Å². The largest absolute Gasteiger partial charge is 0.370 e. The predicted octanol–water partition coefficient (Wildman–Crippen LogP) is 2.55. The molecule has 20 heavy (non-hydrogen) atoms. The Morgan fingerprint density at radius 3 is 2.90 bits per heavy atom. The van der Waals surface area contributed by atoms with Gasteiger partial charge in [-0.15, -0.1) is 0 Å². The van der Waals surface area contributed by atoms with Gasteiger partial charge in [0.1, 0.15) is 17.3 Å². The van der Waals surface area contributed by atoms with Crippen LogP contribution in [0.25, 0.3) is 11.5 Å². The Morgan fingerprint density at radius 2 is 2.10 bits per heavy atom. The summed E-state index contributed by atoms with van der Waals surface area (Å²) >= 11 is 0. The Bertz CT molecular complexity index is 624. The lowest BCUT2D eigenvalue weighted by Gasteiger charge is -2.11. The van der Waals surface area contributed by atoms with E-state index in [1.807, 2.05) is 13.0 Å². The van der Waals surface area contributed by atoms with Gasteiger partial charge in [-0.25, -0.2) is 19.9 Å². The lowest BCUT2D eigenvalue weighted by Crippen LogP contribution is -2.08. The van der Waals surface area contributed by atoms with E-state index in [9.17, 15) is 0 Å². The second-order valence-electron chi connectivity index (χ2n) is 5.09. The van der Waals surface area contributed by atoms with Crippen molar-refractivity contribution < 1.29 is 0 Å². The Morgan fingerprint density at radius 1 is 1.20 bits per heavy atom. The fourth-order valence-electron chi connectivity index (χ4n) is 2.52. The number of fused-ring (bicyclic) bond motifs is 1. The van der Waals surface area contributed by atoms with E-state index in [-0.39, 0.29) is 0 Å². The van der Waals surface area contributed by atoms with Crippen LogP contribution < -0.4 is 5.32 Å². The molecule has 2 heterocycles. The van der Waals surface area contributed by atoms with Gasteiger partial charge in [0, 0.05) is 24.0 Å². The third-order valence-corrected chi connectivity index (χ3v) is 3.48. The molecular weight excluding hydrogens is 250 g/mol. The molecule has 1 aliphatic rings. The van der Waals surface area contributed by atoms with Crippen molar-refractivity contribution in [1.29, 1.82) is 0 Å². The van der Waals surface area contributed by atoms with Crippen molar-refractivity contribution in [3.05, 3.63) is 29.3 Å². The summed E-state index contributed by atoms with van der Waals surface area (Å²) in [6.07, 6.45) is 6.12. The Hall–Kier alpha value is -2.04. The first-order valence-corrected chi connectivity index (χ1v) is 7.21. The Kier molecular flexibility index (Phi) is 3.58. The molecule has 5 heteroatoms. The van der Waals surface area contributed by atoms with Crippen molar-refractivity contribution in [2.24, 2.45) is 0 Å². The van der Waals surface area contributed by atoms with E-state index in [1.165, 1.54) is 11.3 Å². The van der Waals surface area contributed by atoms with Gasteiger partial charge in [0.15, 0.2) is 5.82 Å². The first-order valence-electron chi connectivity index (χ1n) is 7.21. The van der Waals surface area contributed by atoms with Crippen LogP contribution >= 0.6 is 0 Å². The fourth-order valence-corrected chi connectivity index (χ4v) is 2.52. The molecule has 0 bridgehead atoms. The highest BCUT2D eigenvalue weighted by Gasteiger charge is 2.20. The van der Waals surface area contributed by atoms with E-state index in [4.69, 9.17) is 4.98 Å². The molecule has 0 saturated carbocycles. The standard InChI is InChI=1S/C15H19N5/c1-3-8-17-14-11-5-4-6-12(11)19-15(20-14)13-7-9-16-10(2)18-13/h7,9H,3-6,8H2,1-2H3,(H,17,19,20). The molecule has 2 aromatic heterocycles. The zero-order valence-electron chi connectivity index (χ0n) is 12.0. The summed E-state index contributed by atoms with van der Waals surface area (Å²) in [6.45, 7) is 4.97. The average Bonchev–Trinajstić information content (AvgIpc) is 2.93. The second kappa shape index (κ2) is 5.53. The highest BCUT2D eigenvalue weighted by atomic mass is 15.1. The molecule has 1 aliphatic carbocycles. The number of aryl methyl sites for hydroxylation is 2. The molecule has 0 fully saturated rings. The first kappa shape index (κ1) is 13.0. The second-order valence-corrected chi connectivity index (χ2v) is 5.09. The van der Waals surface area contributed by atoms with Gasteiger partial charge in [-0.3, -0.25) is 0 Å². The number of aromatic nitrogens is 4. The van der Waals surface area contributed by atoms with Crippen LogP contribution in [-0.4, -0.2) is 26.5 Å². The van der Waals surface area contributed by atoms with Crippen LogP contribution in [0.5, 0.6) is 0 Å². The van der Waals surface area contributed by atoms with Gasteiger partial charge in [0.2, 0.25) is 0 Å². The zero-order valence-corrected chi connectivity index (χ0v) is 12.0. The van der Waals surface area contributed by atoms with Gasteiger partial charge in [-0.1, -0.05) is 6.92 Å². The summed E-state index contributed by atoms with van der Waals surface area (Å²) in [7, 11) is 0. The van der Waals surface area contributed by atoms with Crippen LogP contribution in [-0.2, 0) is 12.8 Å². The molecule has 1 N–H and O–H groups in total. The first-order chi connectivity index (χ1) is 9.78. The zero-order chi connectivity index (χ0) is 13.9. The smallest absolute Gasteiger partial charge is 0.180 e. The normalized spacial score (nSPS) is 13.3. The topological polar surface area (TPSA) is 63.6 Å². The van der Waals surface area contributed by atoms with E-state index < -0.39 is 0 Å². The SMILES string of the molecule is CCCNc1nc(-c2ccnc(C)n2)nc2c1CCC2. The highest BCUT2D eigenvalue weighted by Crippen LogP contribution is 2.28. The highest BCUT2D eigenvalue weighted by molar-refractivity contribution is 5.57. The Labute approximate surface area is 118 Å². The third kappa shape index (κ3) is 2.48. The maximum atomic E-state index is 4.69. The quantitative estimate of drug-likeness (QED) is 0.924. The summed E-state index contributed by atoms with van der Waals surface area (Å²) in [4.78, 5) is 17.9. The minimum absolute atomic E-state index is 0.703. The van der Waals surface area contributed by atoms with Crippen molar-refractivity contribution in [3.8, 4) is 11.5 Å². The monoisotopic (exact) mass is 269 g/mol. The maximum absolute atomic E-state index is 4.69. The molecule has 0 saturated heterocycles. The summed E-state index contributed by atoms with van der Waals surface area (Å²) in [5, 5.41) is 3.42. The summed E-state index contributed by atoms with van der Waals surface area (Å²) in [5.41, 5.74) is 3.25. The molecule has 2 aromatic rings. The van der Waals surface area contributed by atoms with E-state index >= 15 is 0 Å². The van der Waals surface area contributed by atoms with Crippen LogP contribution in [0.15, 0.2) is 12.3 Å². The summed E-state index contributed by atoms with van der Waals surface area (Å²) < 4.78 is 0. The molecular formula is C15H19N5. The van der Waals surface area contributed by atoms with E-state index in [0.29, 0.717) is 5.82 Å². The van der Waals surface area contributed by atoms with Crippen LogP contribution in [0.2, 0.25) is 0 Å². The number of anilines is 1. The van der Waals surface area contributed by atoms with Crippen LogP contribution in [0.1, 0.15) is 36.8 Å². The molecule has 0 atom stereocenters. The molecule has 5 nitrogen and oxygen atoms in total. The van der Waals surface area contributed by atoms with Gasteiger partial charge in [-0.05, 0) is 38.7 Å². The van der Waals surface area contributed by atoms with Crippen molar-refractivity contribution in [2.75, 3.05) is 11.9 Å². The molecule has 104 valence electrons. The third-order valence-electron chi connectivity index (χ3n) is 3.48. The summed E-state index contributed by atoms with van der Waals surface area (Å²) in [5.74, 6) is 2.44. The average molecular weight is 269 g/mol. The van der Waals surface area contributed by atoms with Crippen molar-refractivity contribution in [3.63, 3.8) is 0 Å². The van der Waals surface area contributed by atoms with Gasteiger partial charge in [0.25, 0.3) is 0 Å². The van der Waals surface area contributed by atoms with Crippen LogP contribution in [0.3, 0.4) is 0 Å². The predicted molar refractivity (Wildman–Crippen MR) is 78.6 cm³/mol. The number of hydrogen-bond acceptors (Lipinski definition) is 5. The van der Waals surface area contributed by atoms with Crippen molar-refractivity contribution >= 4 is 5.82 Å². The lowest BCUT2D eigenvalue weighted by atomic mass is 10.2. The van der Waals surface area contributed by atoms with E-state index in [0.717, 1.165) is 49.6 Å². The van der Waals surface area contributed by atoms with E-state index in [1.54, 1.807) is 6.20 Å². The molecule has 0 aliphatic heterocycles. The number of hydrogen-bond donors (Lipinski definition) is 1. The van der Waals surface area contributed by atoms with Gasteiger partial charge >= 0.3 is 0 Å². The Balaban J connectivity index is 2.04. The molecule has 0 spiro atoms. The fraction of sp³-hybridized carbons (Fsp3) is 0.467. The van der Waals surface area contributed by atoms with Crippen LogP contribution in [0.4, 0.5) is 5.82 Å². The van der Waals surface area contributed by atoms with Gasteiger partial charge < -0.3 is 5.32 Å². The minimum Gasteiger partial charge on any atom is -0.370 e.